The molecule has 3 rings (SSSR count). The van der Waals surface area contributed by atoms with Crippen LogP contribution in [0.2, 0.25) is 0 Å². The molecule has 2 aromatic carbocycles. The van der Waals surface area contributed by atoms with Crippen LogP contribution < -0.4 is 0 Å². The van der Waals surface area contributed by atoms with Crippen LogP contribution in [0.3, 0.4) is 0 Å². The Morgan fingerprint density at radius 3 is 2.18 bits per heavy atom. The van der Waals surface area contributed by atoms with Crippen LogP contribution in [-0.4, -0.2) is 0 Å². The van der Waals surface area contributed by atoms with Crippen molar-refractivity contribution in [2.75, 3.05) is 0 Å². The van der Waals surface area contributed by atoms with Crippen LogP contribution in [0.1, 0.15) is 35.4 Å². The van der Waals surface area contributed by atoms with E-state index in [0.717, 1.165) is 0 Å². The van der Waals surface area contributed by atoms with E-state index in [-0.39, 0.29) is 0 Å². The number of allylic oxidation sites excluding steroid dienone is 2. The molecule has 1 aliphatic carbocycles. The quantitative estimate of drug-likeness (QED) is 0.617. The summed E-state index contributed by atoms with van der Waals surface area (Å²) >= 11 is 0. The van der Waals surface area contributed by atoms with E-state index in [2.05, 4.69) is 87.7 Å². The molecule has 1 aliphatic rings. The molecule has 0 bridgehead atoms. The van der Waals surface area contributed by atoms with Crippen LogP contribution in [0, 0.1) is 18.8 Å². The molecular weight excluding hydrogens is 264 g/mol. The van der Waals surface area contributed by atoms with Gasteiger partial charge in [-0.25, -0.2) is 0 Å². The molecule has 0 radical (unpaired) electrons. The highest BCUT2D eigenvalue weighted by molar-refractivity contribution is 5.42. The summed E-state index contributed by atoms with van der Waals surface area (Å²) < 4.78 is 0. The maximum atomic E-state index is 4.29. The van der Waals surface area contributed by atoms with E-state index in [9.17, 15) is 0 Å². The van der Waals surface area contributed by atoms with Crippen LogP contribution in [0.4, 0.5) is 0 Å². The Hall–Kier alpha value is -2.08. The molecule has 0 amide bonds. The molecule has 0 saturated heterocycles. The van der Waals surface area contributed by atoms with Crippen molar-refractivity contribution in [3.63, 3.8) is 0 Å². The first-order chi connectivity index (χ1) is 10.6. The average Bonchev–Trinajstić information content (AvgIpc) is 2.49. The molecule has 0 aliphatic heterocycles. The zero-order chi connectivity index (χ0) is 15.7. The van der Waals surface area contributed by atoms with E-state index in [1.54, 1.807) is 0 Å². The lowest BCUT2D eigenvalue weighted by Gasteiger charge is -2.53. The maximum absolute atomic E-state index is 4.29. The lowest BCUT2D eigenvalue weighted by molar-refractivity contribution is 0.166. The summed E-state index contributed by atoms with van der Waals surface area (Å²) in [7, 11) is 0. The second-order valence-electron chi connectivity index (χ2n) is 6.50. The summed E-state index contributed by atoms with van der Waals surface area (Å²) in [5.41, 5.74) is 5.51. The minimum Gasteiger partial charge on any atom is -0.103 e. The highest BCUT2D eigenvalue weighted by Gasteiger charge is 2.50. The zero-order valence-electron chi connectivity index (χ0n) is 13.5. The number of aryl methyl sites for hydroxylation is 1. The van der Waals surface area contributed by atoms with E-state index in [1.165, 1.54) is 22.3 Å². The Morgan fingerprint density at radius 1 is 0.955 bits per heavy atom. The van der Waals surface area contributed by atoms with Gasteiger partial charge in [-0.1, -0.05) is 72.8 Å². The number of benzene rings is 2. The maximum Gasteiger partial charge on any atom is -0.00189 e. The SMILES string of the molecule is C=CC1C(c2ccccc2C)C(C(=C)C)[C@@H]1c1ccccc1. The van der Waals surface area contributed by atoms with E-state index in [1.807, 2.05) is 0 Å². The van der Waals surface area contributed by atoms with E-state index in [4.69, 9.17) is 0 Å². The average molecular weight is 288 g/mol. The molecule has 112 valence electrons. The predicted molar refractivity (Wildman–Crippen MR) is 95.1 cm³/mol. The Balaban J connectivity index is 2.03. The third kappa shape index (κ3) is 2.33. The smallest absolute Gasteiger partial charge is 0.00189 e. The molecule has 4 atom stereocenters. The number of rotatable bonds is 4. The van der Waals surface area contributed by atoms with Gasteiger partial charge in [0.05, 0.1) is 0 Å². The molecule has 0 heteroatoms. The zero-order valence-corrected chi connectivity index (χ0v) is 13.5. The van der Waals surface area contributed by atoms with Crippen molar-refractivity contribution in [2.24, 2.45) is 11.8 Å². The lowest BCUT2D eigenvalue weighted by Crippen LogP contribution is -2.43. The molecule has 1 fully saturated rings. The summed E-state index contributed by atoms with van der Waals surface area (Å²) in [6.45, 7) is 12.8. The van der Waals surface area contributed by atoms with Gasteiger partial charge in [-0.2, -0.15) is 0 Å². The number of hydrogen-bond donors (Lipinski definition) is 0. The fraction of sp³-hybridized carbons (Fsp3) is 0.273. The van der Waals surface area contributed by atoms with Crippen molar-refractivity contribution < 1.29 is 0 Å². The lowest BCUT2D eigenvalue weighted by atomic mass is 9.50. The van der Waals surface area contributed by atoms with Crippen molar-refractivity contribution >= 4 is 0 Å². The summed E-state index contributed by atoms with van der Waals surface area (Å²) in [5.74, 6) is 1.97. The monoisotopic (exact) mass is 288 g/mol. The van der Waals surface area contributed by atoms with E-state index in [0.29, 0.717) is 23.7 Å². The number of hydrogen-bond acceptors (Lipinski definition) is 0. The fourth-order valence-electron chi connectivity index (χ4n) is 4.15. The van der Waals surface area contributed by atoms with Gasteiger partial charge < -0.3 is 0 Å². The Kier molecular flexibility index (Phi) is 4.02. The third-order valence-electron chi connectivity index (χ3n) is 5.18. The highest BCUT2D eigenvalue weighted by atomic mass is 14.5. The molecule has 0 spiro atoms. The van der Waals surface area contributed by atoms with Gasteiger partial charge in [-0.3, -0.25) is 0 Å². The first-order valence-corrected chi connectivity index (χ1v) is 8.03. The topological polar surface area (TPSA) is 0 Å². The minimum absolute atomic E-state index is 0.477. The Morgan fingerprint density at radius 2 is 1.59 bits per heavy atom. The van der Waals surface area contributed by atoms with Crippen LogP contribution in [0.15, 0.2) is 79.4 Å². The van der Waals surface area contributed by atoms with Crippen LogP contribution in [0.25, 0.3) is 0 Å². The Labute approximate surface area is 134 Å². The van der Waals surface area contributed by atoms with Gasteiger partial charge in [-0.15, -0.1) is 6.58 Å². The van der Waals surface area contributed by atoms with Crippen LogP contribution in [-0.2, 0) is 0 Å². The second-order valence-corrected chi connectivity index (χ2v) is 6.50. The summed E-state index contributed by atoms with van der Waals surface area (Å²) in [4.78, 5) is 0. The summed E-state index contributed by atoms with van der Waals surface area (Å²) in [6.07, 6.45) is 2.15. The van der Waals surface area contributed by atoms with Crippen LogP contribution in [0.5, 0.6) is 0 Å². The van der Waals surface area contributed by atoms with Crippen LogP contribution >= 0.6 is 0 Å². The highest BCUT2D eigenvalue weighted by Crippen LogP contribution is 2.60. The Bertz CT molecular complexity index is 680. The fourth-order valence-corrected chi connectivity index (χ4v) is 4.15. The second kappa shape index (κ2) is 5.96. The molecule has 22 heavy (non-hydrogen) atoms. The normalized spacial score (nSPS) is 27.0. The first kappa shape index (κ1) is 14.8. The summed E-state index contributed by atoms with van der Waals surface area (Å²) in [6, 6.07) is 19.6. The van der Waals surface area contributed by atoms with Crippen molar-refractivity contribution in [1.29, 1.82) is 0 Å². The van der Waals surface area contributed by atoms with E-state index < -0.39 is 0 Å². The summed E-state index contributed by atoms with van der Waals surface area (Å²) in [5, 5.41) is 0. The molecule has 0 heterocycles. The molecule has 1 saturated carbocycles. The molecule has 0 N–H and O–H groups in total. The van der Waals surface area contributed by atoms with Crippen molar-refractivity contribution in [1.82, 2.24) is 0 Å². The van der Waals surface area contributed by atoms with Crippen molar-refractivity contribution in [2.45, 2.75) is 25.7 Å². The van der Waals surface area contributed by atoms with Crippen molar-refractivity contribution in [3.05, 3.63) is 96.1 Å². The van der Waals surface area contributed by atoms with Gasteiger partial charge in [0.25, 0.3) is 0 Å². The van der Waals surface area contributed by atoms with Gasteiger partial charge in [-0.05, 0) is 54.2 Å². The predicted octanol–water partition coefficient (Wildman–Crippen LogP) is 5.87. The van der Waals surface area contributed by atoms with Gasteiger partial charge in [0.1, 0.15) is 0 Å². The molecular formula is C22H24. The first-order valence-electron chi connectivity index (χ1n) is 8.03. The van der Waals surface area contributed by atoms with E-state index >= 15 is 0 Å². The van der Waals surface area contributed by atoms with Gasteiger partial charge in [0.15, 0.2) is 0 Å². The standard InChI is InChI=1S/C22H24/c1-5-18-21(17-12-7-6-8-13-17)20(15(2)3)22(18)19-14-10-9-11-16(19)4/h5-14,18,20-22H,1-2H2,3-4H3/t18?,20?,21-,22?/m1/s1. The third-order valence-corrected chi connectivity index (χ3v) is 5.18. The molecule has 0 aromatic heterocycles. The minimum atomic E-state index is 0.477. The van der Waals surface area contributed by atoms with Crippen molar-refractivity contribution in [3.8, 4) is 0 Å². The molecule has 0 nitrogen and oxygen atoms in total. The van der Waals surface area contributed by atoms with Gasteiger partial charge in [0.2, 0.25) is 0 Å². The van der Waals surface area contributed by atoms with Gasteiger partial charge >= 0.3 is 0 Å². The largest absolute Gasteiger partial charge is 0.103 e. The molecule has 2 aromatic rings. The van der Waals surface area contributed by atoms with Gasteiger partial charge in [0, 0.05) is 0 Å². The molecule has 3 unspecified atom stereocenters.